The quantitative estimate of drug-likeness (QED) is 0.820. The van der Waals surface area contributed by atoms with E-state index in [2.05, 4.69) is 5.32 Å². The van der Waals surface area contributed by atoms with Gasteiger partial charge in [0, 0.05) is 18.2 Å². The van der Waals surface area contributed by atoms with E-state index in [1.54, 1.807) is 0 Å². The summed E-state index contributed by atoms with van der Waals surface area (Å²) >= 11 is 0. The van der Waals surface area contributed by atoms with Crippen LogP contribution in [0.1, 0.15) is 5.56 Å². The van der Waals surface area contributed by atoms with Crippen LogP contribution in [0.3, 0.4) is 0 Å². The topological polar surface area (TPSA) is 21.3 Å². The molecule has 1 aliphatic rings. The van der Waals surface area contributed by atoms with Crippen molar-refractivity contribution in [2.24, 2.45) is 0 Å². The summed E-state index contributed by atoms with van der Waals surface area (Å²) in [5.74, 6) is -1.04. The summed E-state index contributed by atoms with van der Waals surface area (Å²) in [4.78, 5) is 0. The fraction of sp³-hybridized carbons (Fsp3) is 0.455. The normalized spacial score (nSPS) is 18.6. The molecule has 2 nitrogen and oxygen atoms in total. The third-order valence-corrected chi connectivity index (χ3v) is 2.77. The lowest BCUT2D eigenvalue weighted by Gasteiger charge is -2.42. The molecule has 1 aliphatic heterocycles. The van der Waals surface area contributed by atoms with E-state index in [1.807, 2.05) is 7.05 Å². The van der Waals surface area contributed by atoms with E-state index >= 15 is 0 Å². The number of likely N-dealkylation sites (N-methyl/N-ethyl adjacent to an activating group) is 1. The first-order valence-corrected chi connectivity index (χ1v) is 4.86. The monoisotopic (exact) mass is 213 g/mol. The maximum atomic E-state index is 13.6. The first-order chi connectivity index (χ1) is 7.18. The van der Waals surface area contributed by atoms with Gasteiger partial charge in [-0.1, -0.05) is 6.07 Å². The van der Waals surface area contributed by atoms with E-state index in [9.17, 15) is 8.78 Å². The summed E-state index contributed by atoms with van der Waals surface area (Å²) in [6, 6.07) is 3.71. The molecule has 1 saturated heterocycles. The number of ether oxygens (including phenoxy) is 1. The minimum atomic E-state index is -0.545. The molecule has 0 spiro atoms. The highest BCUT2D eigenvalue weighted by Gasteiger charge is 2.41. The zero-order valence-electron chi connectivity index (χ0n) is 8.52. The SMILES string of the molecule is CNCC1(c2ccc(F)cc2F)COC1. The minimum absolute atomic E-state index is 0.327. The molecule has 1 fully saturated rings. The smallest absolute Gasteiger partial charge is 0.130 e. The Labute approximate surface area is 87.2 Å². The molecule has 1 N–H and O–H groups in total. The molecule has 0 bridgehead atoms. The lowest BCUT2D eigenvalue weighted by Crippen LogP contribution is -2.53. The molecular weight excluding hydrogens is 200 g/mol. The molecule has 0 saturated carbocycles. The third-order valence-electron chi connectivity index (χ3n) is 2.77. The number of benzene rings is 1. The van der Waals surface area contributed by atoms with Gasteiger partial charge in [0.2, 0.25) is 0 Å². The second kappa shape index (κ2) is 3.87. The molecule has 0 aliphatic carbocycles. The maximum Gasteiger partial charge on any atom is 0.130 e. The lowest BCUT2D eigenvalue weighted by molar-refractivity contribution is -0.0598. The van der Waals surface area contributed by atoms with E-state index in [0.29, 0.717) is 25.3 Å². The summed E-state index contributed by atoms with van der Waals surface area (Å²) in [5.41, 5.74) is 0.205. The molecular formula is C11H13F2NO. The number of hydrogen-bond acceptors (Lipinski definition) is 2. The molecule has 1 aromatic carbocycles. The molecule has 0 unspecified atom stereocenters. The molecule has 1 aromatic rings. The second-order valence-corrected chi connectivity index (χ2v) is 3.93. The van der Waals surface area contributed by atoms with Gasteiger partial charge in [0.1, 0.15) is 11.6 Å². The van der Waals surface area contributed by atoms with Gasteiger partial charge in [-0.15, -0.1) is 0 Å². The highest BCUT2D eigenvalue weighted by atomic mass is 19.1. The van der Waals surface area contributed by atoms with Crippen molar-refractivity contribution in [1.29, 1.82) is 0 Å². The van der Waals surface area contributed by atoms with Crippen molar-refractivity contribution in [3.8, 4) is 0 Å². The summed E-state index contributed by atoms with van der Waals surface area (Å²) in [6.45, 7) is 1.60. The van der Waals surface area contributed by atoms with Crippen LogP contribution >= 0.6 is 0 Å². The van der Waals surface area contributed by atoms with Gasteiger partial charge >= 0.3 is 0 Å². The average molecular weight is 213 g/mol. The molecule has 2 rings (SSSR count). The summed E-state index contributed by atoms with van der Waals surface area (Å²) in [5, 5.41) is 3.01. The van der Waals surface area contributed by atoms with E-state index in [1.165, 1.54) is 12.1 Å². The highest BCUT2D eigenvalue weighted by molar-refractivity contribution is 5.30. The van der Waals surface area contributed by atoms with E-state index in [4.69, 9.17) is 4.74 Å². The van der Waals surface area contributed by atoms with Crippen LogP contribution < -0.4 is 5.32 Å². The van der Waals surface area contributed by atoms with Gasteiger partial charge in [0.15, 0.2) is 0 Å². The number of halogens is 2. The molecule has 0 amide bonds. The summed E-state index contributed by atoms with van der Waals surface area (Å²) < 4.78 is 31.5. The van der Waals surface area contributed by atoms with E-state index in [0.717, 1.165) is 6.07 Å². The van der Waals surface area contributed by atoms with Crippen LogP contribution in [-0.2, 0) is 10.2 Å². The fourth-order valence-corrected chi connectivity index (χ4v) is 1.96. The van der Waals surface area contributed by atoms with Crippen LogP contribution in [0, 0.1) is 11.6 Å². The Morgan fingerprint density at radius 2 is 2.13 bits per heavy atom. The van der Waals surface area contributed by atoms with Crippen LogP contribution in [-0.4, -0.2) is 26.8 Å². The Hall–Kier alpha value is -1.00. The van der Waals surface area contributed by atoms with Gasteiger partial charge < -0.3 is 10.1 Å². The number of hydrogen-bond donors (Lipinski definition) is 1. The average Bonchev–Trinajstić information content (AvgIpc) is 2.12. The Kier molecular flexibility index (Phi) is 2.71. The van der Waals surface area contributed by atoms with Gasteiger partial charge in [-0.2, -0.15) is 0 Å². The van der Waals surface area contributed by atoms with Gasteiger partial charge in [-0.25, -0.2) is 8.78 Å². The number of rotatable bonds is 3. The molecule has 15 heavy (non-hydrogen) atoms. The van der Waals surface area contributed by atoms with Crippen LogP contribution in [0.25, 0.3) is 0 Å². The Bertz CT molecular complexity index is 364. The largest absolute Gasteiger partial charge is 0.379 e. The second-order valence-electron chi connectivity index (χ2n) is 3.93. The lowest BCUT2D eigenvalue weighted by atomic mass is 9.78. The van der Waals surface area contributed by atoms with Gasteiger partial charge in [0.05, 0.1) is 18.6 Å². The molecule has 1 heterocycles. The zero-order chi connectivity index (χ0) is 10.9. The van der Waals surface area contributed by atoms with Crippen molar-refractivity contribution in [1.82, 2.24) is 5.32 Å². The van der Waals surface area contributed by atoms with Crippen molar-refractivity contribution in [3.05, 3.63) is 35.4 Å². The van der Waals surface area contributed by atoms with Crippen LogP contribution in [0.2, 0.25) is 0 Å². The molecule has 4 heteroatoms. The maximum absolute atomic E-state index is 13.6. The molecule has 0 atom stereocenters. The standard InChI is InChI=1S/C11H13F2NO/c1-14-5-11(6-15-7-11)9-3-2-8(12)4-10(9)13/h2-4,14H,5-7H2,1H3. The Balaban J connectivity index is 2.34. The van der Waals surface area contributed by atoms with Crippen molar-refractivity contribution in [3.63, 3.8) is 0 Å². The molecule has 82 valence electrons. The Morgan fingerprint density at radius 3 is 2.60 bits per heavy atom. The van der Waals surface area contributed by atoms with E-state index in [-0.39, 0.29) is 5.41 Å². The minimum Gasteiger partial charge on any atom is -0.379 e. The van der Waals surface area contributed by atoms with Crippen LogP contribution in [0.4, 0.5) is 8.78 Å². The van der Waals surface area contributed by atoms with Crippen molar-refractivity contribution in [2.45, 2.75) is 5.41 Å². The first kappa shape index (κ1) is 10.5. The van der Waals surface area contributed by atoms with Crippen LogP contribution in [0.15, 0.2) is 18.2 Å². The Morgan fingerprint density at radius 1 is 1.40 bits per heavy atom. The first-order valence-electron chi connectivity index (χ1n) is 4.86. The van der Waals surface area contributed by atoms with E-state index < -0.39 is 11.6 Å². The molecule has 0 aromatic heterocycles. The molecule has 0 radical (unpaired) electrons. The van der Waals surface area contributed by atoms with Crippen LogP contribution in [0.5, 0.6) is 0 Å². The van der Waals surface area contributed by atoms with Crippen molar-refractivity contribution in [2.75, 3.05) is 26.8 Å². The van der Waals surface area contributed by atoms with Gasteiger partial charge in [-0.05, 0) is 13.1 Å². The van der Waals surface area contributed by atoms with Gasteiger partial charge in [-0.3, -0.25) is 0 Å². The highest BCUT2D eigenvalue weighted by Crippen LogP contribution is 2.33. The van der Waals surface area contributed by atoms with Gasteiger partial charge in [0.25, 0.3) is 0 Å². The zero-order valence-corrected chi connectivity index (χ0v) is 8.52. The predicted octanol–water partition coefficient (Wildman–Crippen LogP) is 1.45. The fourth-order valence-electron chi connectivity index (χ4n) is 1.96. The summed E-state index contributed by atoms with van der Waals surface area (Å²) in [7, 11) is 1.81. The van der Waals surface area contributed by atoms with Crippen molar-refractivity contribution >= 4 is 0 Å². The van der Waals surface area contributed by atoms with Crippen molar-refractivity contribution < 1.29 is 13.5 Å². The summed E-state index contributed by atoms with van der Waals surface area (Å²) in [6.07, 6.45) is 0. The predicted molar refractivity (Wildman–Crippen MR) is 52.8 cm³/mol. The third kappa shape index (κ3) is 1.75. The number of nitrogens with one attached hydrogen (secondary N) is 1.